The van der Waals surface area contributed by atoms with Gasteiger partial charge in [0.25, 0.3) is 5.91 Å². The topological polar surface area (TPSA) is 80.4 Å². The van der Waals surface area contributed by atoms with E-state index in [-0.39, 0.29) is 17.9 Å². The highest BCUT2D eigenvalue weighted by Crippen LogP contribution is 2.16. The minimum absolute atomic E-state index is 0.0925. The fourth-order valence-corrected chi connectivity index (χ4v) is 2.87. The Bertz CT molecular complexity index is 426. The molecule has 0 N–H and O–H groups in total. The molecule has 0 aromatic carbocycles. The van der Waals surface area contributed by atoms with Gasteiger partial charge in [0.05, 0.1) is 18.1 Å². The van der Waals surface area contributed by atoms with Crippen molar-refractivity contribution in [2.75, 3.05) is 39.3 Å². The number of hydrogen-bond donors (Lipinski definition) is 0. The summed E-state index contributed by atoms with van der Waals surface area (Å²) in [5, 5.41) is 17.7. The molecule has 2 aliphatic heterocycles. The molecular weight excluding hydrogens is 268 g/mol. The fraction of sp³-hybridized carbons (Fsp3) is 0.800. The molecule has 2 heterocycles. The SMILES string of the molecule is N#CCCC(C#N)CN1CCN(C(=O)C2CCCO2)CC1. The summed E-state index contributed by atoms with van der Waals surface area (Å²) in [6, 6.07) is 4.36. The molecule has 0 aromatic rings. The van der Waals surface area contributed by atoms with Crippen molar-refractivity contribution in [2.24, 2.45) is 5.92 Å². The Morgan fingerprint density at radius 2 is 2.05 bits per heavy atom. The summed E-state index contributed by atoms with van der Waals surface area (Å²) in [6.07, 6.45) is 2.62. The lowest BCUT2D eigenvalue weighted by Crippen LogP contribution is -2.52. The summed E-state index contributed by atoms with van der Waals surface area (Å²) in [6.45, 7) is 4.38. The van der Waals surface area contributed by atoms with Crippen molar-refractivity contribution in [1.29, 1.82) is 10.5 Å². The van der Waals surface area contributed by atoms with Gasteiger partial charge in [0.15, 0.2) is 0 Å². The average Bonchev–Trinajstić information content (AvgIpc) is 3.05. The molecule has 6 nitrogen and oxygen atoms in total. The third-order valence-corrected chi connectivity index (χ3v) is 4.15. The first kappa shape index (κ1) is 15.8. The van der Waals surface area contributed by atoms with Gasteiger partial charge in [0.2, 0.25) is 0 Å². The highest BCUT2D eigenvalue weighted by atomic mass is 16.5. The van der Waals surface area contributed by atoms with E-state index in [1.165, 1.54) is 0 Å². The van der Waals surface area contributed by atoms with Crippen LogP contribution in [0.25, 0.3) is 0 Å². The fourth-order valence-electron chi connectivity index (χ4n) is 2.87. The van der Waals surface area contributed by atoms with Gasteiger partial charge in [0.1, 0.15) is 6.10 Å². The van der Waals surface area contributed by atoms with Crippen LogP contribution >= 0.6 is 0 Å². The first-order chi connectivity index (χ1) is 10.2. The third kappa shape index (κ3) is 4.42. The second-order valence-corrected chi connectivity index (χ2v) is 5.65. The summed E-state index contributed by atoms with van der Waals surface area (Å²) >= 11 is 0. The molecular formula is C15H22N4O2. The number of amides is 1. The number of carbonyl (C=O) groups is 1. The van der Waals surface area contributed by atoms with Gasteiger partial charge in [-0.2, -0.15) is 10.5 Å². The molecule has 0 aliphatic carbocycles. The molecule has 2 atom stereocenters. The van der Waals surface area contributed by atoms with E-state index in [9.17, 15) is 4.79 Å². The predicted molar refractivity (Wildman–Crippen MR) is 75.9 cm³/mol. The van der Waals surface area contributed by atoms with Crippen molar-refractivity contribution in [2.45, 2.75) is 31.8 Å². The molecule has 2 saturated heterocycles. The Labute approximate surface area is 125 Å². The van der Waals surface area contributed by atoms with Crippen LogP contribution in [0.15, 0.2) is 0 Å². The number of carbonyl (C=O) groups excluding carboxylic acids is 1. The minimum Gasteiger partial charge on any atom is -0.368 e. The van der Waals surface area contributed by atoms with Crippen LogP contribution in [0.4, 0.5) is 0 Å². The van der Waals surface area contributed by atoms with Crippen LogP contribution in [0.2, 0.25) is 0 Å². The van der Waals surface area contributed by atoms with Crippen LogP contribution in [0.3, 0.4) is 0 Å². The molecule has 2 aliphatic rings. The molecule has 6 heteroatoms. The highest BCUT2D eigenvalue weighted by molar-refractivity contribution is 5.81. The van der Waals surface area contributed by atoms with Gasteiger partial charge in [-0.05, 0) is 19.3 Å². The maximum atomic E-state index is 12.2. The first-order valence-electron chi connectivity index (χ1n) is 7.64. The Hall–Kier alpha value is -1.63. The van der Waals surface area contributed by atoms with Crippen molar-refractivity contribution in [3.63, 3.8) is 0 Å². The minimum atomic E-state index is -0.237. The average molecular weight is 290 g/mol. The standard InChI is InChI=1S/C15H22N4O2/c16-5-1-3-13(11-17)12-18-6-8-19(9-7-18)15(20)14-4-2-10-21-14/h13-14H,1-4,6-10,12H2. The molecule has 2 rings (SSSR count). The highest BCUT2D eigenvalue weighted by Gasteiger charge is 2.30. The van der Waals surface area contributed by atoms with E-state index in [0.29, 0.717) is 39.1 Å². The maximum Gasteiger partial charge on any atom is 0.251 e. The van der Waals surface area contributed by atoms with Crippen molar-refractivity contribution in [3.05, 3.63) is 0 Å². The zero-order valence-corrected chi connectivity index (χ0v) is 12.3. The molecule has 114 valence electrons. The number of rotatable bonds is 5. The molecule has 0 saturated carbocycles. The van der Waals surface area contributed by atoms with E-state index in [1.54, 1.807) is 0 Å². The second kappa shape index (κ2) is 7.97. The molecule has 0 aromatic heterocycles. The van der Waals surface area contributed by atoms with E-state index >= 15 is 0 Å². The normalized spacial score (nSPS) is 24.3. The largest absolute Gasteiger partial charge is 0.368 e. The number of nitriles is 2. The van der Waals surface area contributed by atoms with E-state index in [0.717, 1.165) is 25.9 Å². The number of nitrogens with zero attached hydrogens (tertiary/aromatic N) is 4. The number of ether oxygens (including phenoxy) is 1. The van der Waals surface area contributed by atoms with Crippen LogP contribution in [-0.2, 0) is 9.53 Å². The van der Waals surface area contributed by atoms with Gasteiger partial charge in [-0.15, -0.1) is 0 Å². The van der Waals surface area contributed by atoms with Crippen LogP contribution in [-0.4, -0.2) is 61.1 Å². The lowest BCUT2D eigenvalue weighted by Gasteiger charge is -2.36. The quantitative estimate of drug-likeness (QED) is 0.746. The van der Waals surface area contributed by atoms with Gasteiger partial charge in [-0.25, -0.2) is 0 Å². The second-order valence-electron chi connectivity index (χ2n) is 5.65. The molecule has 21 heavy (non-hydrogen) atoms. The lowest BCUT2D eigenvalue weighted by atomic mass is 10.0. The summed E-state index contributed by atoms with van der Waals surface area (Å²) in [5.41, 5.74) is 0. The molecule has 2 fully saturated rings. The smallest absolute Gasteiger partial charge is 0.251 e. The monoisotopic (exact) mass is 290 g/mol. The molecule has 0 spiro atoms. The van der Waals surface area contributed by atoms with Crippen molar-refractivity contribution >= 4 is 5.91 Å². The Morgan fingerprint density at radius 3 is 2.62 bits per heavy atom. The first-order valence-corrected chi connectivity index (χ1v) is 7.64. The number of hydrogen-bond acceptors (Lipinski definition) is 5. The van der Waals surface area contributed by atoms with E-state index in [1.807, 2.05) is 4.90 Å². The third-order valence-electron chi connectivity index (χ3n) is 4.15. The summed E-state index contributed by atoms with van der Waals surface area (Å²) in [7, 11) is 0. The Morgan fingerprint density at radius 1 is 1.29 bits per heavy atom. The van der Waals surface area contributed by atoms with Gasteiger partial charge in [-0.1, -0.05) is 0 Å². The van der Waals surface area contributed by atoms with Crippen LogP contribution in [0, 0.1) is 28.6 Å². The predicted octanol–water partition coefficient (Wildman–Crippen LogP) is 0.753. The number of piperazine rings is 1. The van der Waals surface area contributed by atoms with Crippen molar-refractivity contribution in [1.82, 2.24) is 9.80 Å². The molecule has 0 bridgehead atoms. The van der Waals surface area contributed by atoms with Crippen LogP contribution in [0.5, 0.6) is 0 Å². The van der Waals surface area contributed by atoms with Crippen molar-refractivity contribution < 1.29 is 9.53 Å². The van der Waals surface area contributed by atoms with Crippen LogP contribution < -0.4 is 0 Å². The van der Waals surface area contributed by atoms with Gasteiger partial charge >= 0.3 is 0 Å². The van der Waals surface area contributed by atoms with E-state index in [2.05, 4.69) is 17.0 Å². The zero-order chi connectivity index (χ0) is 15.1. The lowest BCUT2D eigenvalue weighted by molar-refractivity contribution is -0.142. The van der Waals surface area contributed by atoms with Crippen LogP contribution in [0.1, 0.15) is 25.7 Å². The maximum absolute atomic E-state index is 12.2. The van der Waals surface area contributed by atoms with Crippen molar-refractivity contribution in [3.8, 4) is 12.1 Å². The summed E-state index contributed by atoms with van der Waals surface area (Å²) in [5.74, 6) is 0.0264. The van der Waals surface area contributed by atoms with Gasteiger partial charge in [0, 0.05) is 45.8 Å². The summed E-state index contributed by atoms with van der Waals surface area (Å²) in [4.78, 5) is 16.3. The molecule has 2 unspecified atom stereocenters. The van der Waals surface area contributed by atoms with E-state index < -0.39 is 0 Å². The van der Waals surface area contributed by atoms with Gasteiger partial charge in [-0.3, -0.25) is 9.69 Å². The zero-order valence-electron chi connectivity index (χ0n) is 12.3. The molecule has 0 radical (unpaired) electrons. The summed E-state index contributed by atoms with van der Waals surface area (Å²) < 4.78 is 5.44. The Balaban J connectivity index is 1.74. The van der Waals surface area contributed by atoms with E-state index in [4.69, 9.17) is 15.3 Å². The Kier molecular flexibility index (Phi) is 5.98. The van der Waals surface area contributed by atoms with Gasteiger partial charge < -0.3 is 9.64 Å². The molecule has 1 amide bonds.